The molecule has 1 heterocycles. The van der Waals surface area contributed by atoms with Crippen molar-refractivity contribution in [1.29, 1.82) is 0 Å². The van der Waals surface area contributed by atoms with Gasteiger partial charge >= 0.3 is 0 Å². The number of nitrogens with one attached hydrogen (secondary N) is 2. The van der Waals surface area contributed by atoms with Crippen LogP contribution in [0.1, 0.15) is 51.9 Å². The van der Waals surface area contributed by atoms with Gasteiger partial charge in [-0.15, -0.1) is 0 Å². The van der Waals surface area contributed by atoms with Gasteiger partial charge in [-0.05, 0) is 55.7 Å². The number of carbonyl (C=O) groups is 1. The Morgan fingerprint density at radius 3 is 2.62 bits per heavy atom. The van der Waals surface area contributed by atoms with Crippen molar-refractivity contribution in [3.05, 3.63) is 48.5 Å². The molecule has 1 saturated heterocycles. The van der Waals surface area contributed by atoms with Gasteiger partial charge in [0, 0.05) is 24.0 Å². The molecule has 2 aromatic rings. The molecule has 0 spiro atoms. The highest BCUT2D eigenvalue weighted by Gasteiger charge is 2.15. The minimum absolute atomic E-state index is 0.111. The van der Waals surface area contributed by atoms with E-state index in [1.165, 1.54) is 25.7 Å². The molecule has 0 radical (unpaired) electrons. The molecule has 3 rings (SSSR count). The van der Waals surface area contributed by atoms with E-state index in [0.717, 1.165) is 48.7 Å². The zero-order chi connectivity index (χ0) is 22.4. The third kappa shape index (κ3) is 8.79. The van der Waals surface area contributed by atoms with Crippen LogP contribution in [0.2, 0.25) is 0 Å². The van der Waals surface area contributed by atoms with Crippen molar-refractivity contribution in [2.24, 2.45) is 0 Å². The van der Waals surface area contributed by atoms with Gasteiger partial charge in [-0.2, -0.15) is 0 Å². The number of benzene rings is 2. The molecular weight excluding hydrogens is 404 g/mol. The number of hydrogen-bond acceptors (Lipinski definition) is 5. The summed E-state index contributed by atoms with van der Waals surface area (Å²) in [4.78, 5) is 12.3. The van der Waals surface area contributed by atoms with E-state index in [-0.39, 0.29) is 18.6 Å². The molecule has 2 N–H and O–H groups in total. The van der Waals surface area contributed by atoms with Crippen LogP contribution in [-0.4, -0.2) is 38.4 Å². The highest BCUT2D eigenvalue weighted by atomic mass is 16.5. The molecule has 0 aliphatic carbocycles. The Balaban J connectivity index is 1.35. The molecule has 1 aliphatic heterocycles. The Kier molecular flexibility index (Phi) is 10.2. The van der Waals surface area contributed by atoms with Gasteiger partial charge < -0.3 is 24.8 Å². The average Bonchev–Trinajstić information content (AvgIpc) is 3.33. The molecule has 2 aromatic carbocycles. The van der Waals surface area contributed by atoms with E-state index in [2.05, 4.69) is 17.6 Å². The zero-order valence-electron chi connectivity index (χ0n) is 19.1. The van der Waals surface area contributed by atoms with E-state index < -0.39 is 0 Å². The number of unbranched alkanes of at least 4 members (excludes halogenated alkanes) is 4. The summed E-state index contributed by atoms with van der Waals surface area (Å²) in [6, 6.07) is 15.2. The molecule has 174 valence electrons. The van der Waals surface area contributed by atoms with Crippen LogP contribution in [0, 0.1) is 0 Å². The Morgan fingerprint density at radius 2 is 1.84 bits per heavy atom. The van der Waals surface area contributed by atoms with Crippen molar-refractivity contribution in [2.45, 2.75) is 58.0 Å². The summed E-state index contributed by atoms with van der Waals surface area (Å²) in [6.07, 6.45) is 8.39. The Bertz CT molecular complexity index is 804. The molecule has 0 aromatic heterocycles. The van der Waals surface area contributed by atoms with Crippen molar-refractivity contribution in [1.82, 2.24) is 0 Å². The Labute approximate surface area is 191 Å². The quantitative estimate of drug-likeness (QED) is 0.372. The summed E-state index contributed by atoms with van der Waals surface area (Å²) in [7, 11) is 0. The molecule has 1 aliphatic rings. The van der Waals surface area contributed by atoms with Crippen LogP contribution in [-0.2, 0) is 9.53 Å². The molecule has 6 nitrogen and oxygen atoms in total. The third-order valence-electron chi connectivity index (χ3n) is 5.40. The van der Waals surface area contributed by atoms with E-state index in [1.54, 1.807) is 0 Å². The lowest BCUT2D eigenvalue weighted by molar-refractivity contribution is -0.114. The van der Waals surface area contributed by atoms with E-state index in [1.807, 2.05) is 48.5 Å². The highest BCUT2D eigenvalue weighted by molar-refractivity contribution is 5.93. The van der Waals surface area contributed by atoms with Gasteiger partial charge in [0.2, 0.25) is 5.91 Å². The molecule has 1 unspecified atom stereocenters. The van der Waals surface area contributed by atoms with Gasteiger partial charge in [0.1, 0.15) is 18.1 Å². The molecule has 32 heavy (non-hydrogen) atoms. The topological polar surface area (TPSA) is 68.8 Å². The van der Waals surface area contributed by atoms with Crippen molar-refractivity contribution >= 4 is 17.3 Å². The summed E-state index contributed by atoms with van der Waals surface area (Å²) < 4.78 is 17.2. The Hall–Kier alpha value is -2.73. The maximum Gasteiger partial charge on any atom is 0.243 e. The lowest BCUT2D eigenvalue weighted by Gasteiger charge is -2.12. The summed E-state index contributed by atoms with van der Waals surface area (Å²) >= 11 is 0. The molecule has 1 amide bonds. The summed E-state index contributed by atoms with van der Waals surface area (Å²) in [5, 5.41) is 6.05. The smallest absolute Gasteiger partial charge is 0.243 e. The molecular formula is C26H36N2O4. The van der Waals surface area contributed by atoms with E-state index in [0.29, 0.717) is 13.2 Å². The van der Waals surface area contributed by atoms with Gasteiger partial charge in [-0.25, -0.2) is 0 Å². The van der Waals surface area contributed by atoms with Crippen LogP contribution in [0.15, 0.2) is 48.5 Å². The van der Waals surface area contributed by atoms with E-state index >= 15 is 0 Å². The lowest BCUT2D eigenvalue weighted by Crippen LogP contribution is -2.21. The summed E-state index contributed by atoms with van der Waals surface area (Å²) in [5.74, 6) is 1.47. The number of carbonyl (C=O) groups excluding carboxylic acids is 1. The second-order valence-electron chi connectivity index (χ2n) is 8.16. The van der Waals surface area contributed by atoms with E-state index in [4.69, 9.17) is 14.2 Å². The first-order valence-electron chi connectivity index (χ1n) is 11.8. The van der Waals surface area contributed by atoms with Gasteiger partial charge in [0.25, 0.3) is 0 Å². The number of rotatable bonds is 14. The van der Waals surface area contributed by atoms with Crippen LogP contribution in [0.25, 0.3) is 0 Å². The normalized spacial score (nSPS) is 15.3. The fourth-order valence-corrected chi connectivity index (χ4v) is 3.58. The summed E-state index contributed by atoms with van der Waals surface area (Å²) in [5.41, 5.74) is 1.60. The van der Waals surface area contributed by atoms with Crippen LogP contribution in [0.5, 0.6) is 11.5 Å². The number of anilines is 2. The van der Waals surface area contributed by atoms with Crippen molar-refractivity contribution < 1.29 is 19.0 Å². The Morgan fingerprint density at radius 1 is 1.00 bits per heavy atom. The molecule has 0 bridgehead atoms. The fourth-order valence-electron chi connectivity index (χ4n) is 3.58. The number of hydrogen-bond donors (Lipinski definition) is 2. The molecule has 6 heteroatoms. The first-order chi connectivity index (χ1) is 15.7. The fraction of sp³-hybridized carbons (Fsp3) is 0.500. The average molecular weight is 441 g/mol. The van der Waals surface area contributed by atoms with Crippen LogP contribution >= 0.6 is 0 Å². The third-order valence-corrected chi connectivity index (χ3v) is 5.40. The SMILES string of the molecule is CCCCCCCOc1cccc(NC(=O)CNc2ccc(OCC3CCCO3)cc2)c1. The van der Waals surface area contributed by atoms with Crippen molar-refractivity contribution in [3.63, 3.8) is 0 Å². The molecule has 1 fully saturated rings. The predicted octanol–water partition coefficient (Wildman–Crippen LogP) is 5.64. The maximum atomic E-state index is 12.3. The van der Waals surface area contributed by atoms with E-state index in [9.17, 15) is 4.79 Å². The predicted molar refractivity (Wildman–Crippen MR) is 129 cm³/mol. The van der Waals surface area contributed by atoms with Gasteiger partial charge in [-0.1, -0.05) is 38.7 Å². The summed E-state index contributed by atoms with van der Waals surface area (Å²) in [6.45, 7) is 4.51. The maximum absolute atomic E-state index is 12.3. The zero-order valence-corrected chi connectivity index (χ0v) is 19.1. The highest BCUT2D eigenvalue weighted by Crippen LogP contribution is 2.20. The first kappa shape index (κ1) is 23.9. The van der Waals surface area contributed by atoms with Crippen LogP contribution < -0.4 is 20.1 Å². The minimum atomic E-state index is -0.111. The standard InChI is InChI=1S/C26H36N2O4/c1-2-3-4-5-6-16-30-24-10-7-9-22(18-24)28-26(29)19-27-21-12-14-23(15-13-21)32-20-25-11-8-17-31-25/h7,9-10,12-15,18,25,27H,2-6,8,11,16-17,19-20H2,1H3,(H,28,29). The molecule has 1 atom stereocenters. The van der Waals surface area contributed by atoms with Crippen molar-refractivity contribution in [3.8, 4) is 11.5 Å². The second kappa shape index (κ2) is 13.6. The van der Waals surface area contributed by atoms with Gasteiger partial charge in [0.05, 0.1) is 19.3 Å². The number of amides is 1. The first-order valence-corrected chi connectivity index (χ1v) is 11.8. The van der Waals surface area contributed by atoms with Crippen molar-refractivity contribution in [2.75, 3.05) is 37.0 Å². The number of ether oxygens (including phenoxy) is 3. The lowest BCUT2D eigenvalue weighted by atomic mass is 10.2. The second-order valence-corrected chi connectivity index (χ2v) is 8.16. The molecule has 0 saturated carbocycles. The van der Waals surface area contributed by atoms with Crippen LogP contribution in [0.3, 0.4) is 0 Å². The van der Waals surface area contributed by atoms with Gasteiger partial charge in [-0.3, -0.25) is 4.79 Å². The monoisotopic (exact) mass is 440 g/mol. The minimum Gasteiger partial charge on any atom is -0.494 e. The van der Waals surface area contributed by atoms with Crippen LogP contribution in [0.4, 0.5) is 11.4 Å². The van der Waals surface area contributed by atoms with Gasteiger partial charge in [0.15, 0.2) is 0 Å². The largest absolute Gasteiger partial charge is 0.494 e.